The first kappa shape index (κ1) is 18.6. The minimum atomic E-state index is -0.982. The highest BCUT2D eigenvalue weighted by Gasteiger charge is 2.14. The number of rotatable bonds is 4. The van der Waals surface area contributed by atoms with E-state index in [-0.39, 0.29) is 5.56 Å². The lowest BCUT2D eigenvalue weighted by Gasteiger charge is -2.12. The van der Waals surface area contributed by atoms with Gasteiger partial charge in [-0.1, -0.05) is 38.0 Å². The van der Waals surface area contributed by atoms with Gasteiger partial charge in [0.1, 0.15) is 5.82 Å². The van der Waals surface area contributed by atoms with Gasteiger partial charge in [-0.05, 0) is 43.5 Å². The van der Waals surface area contributed by atoms with E-state index in [1.165, 1.54) is 12.8 Å². The molecule has 1 aliphatic rings. The first-order valence-electron chi connectivity index (χ1n) is 9.03. The lowest BCUT2D eigenvalue weighted by molar-refractivity contribution is 0.0698. The van der Waals surface area contributed by atoms with Crippen molar-refractivity contribution in [2.75, 3.05) is 5.32 Å². The number of hydrogen-bond donors (Lipinski definition) is 2. The topological polar surface area (TPSA) is 80.0 Å². The number of carbonyl (C=O) groups is 1. The van der Waals surface area contributed by atoms with E-state index in [9.17, 15) is 9.90 Å². The largest absolute Gasteiger partial charge is 0.478 e. The van der Waals surface area contributed by atoms with Gasteiger partial charge in [-0.2, -0.15) is 9.78 Å². The van der Waals surface area contributed by atoms with E-state index in [0.717, 1.165) is 17.2 Å². The van der Waals surface area contributed by atoms with E-state index in [1.807, 2.05) is 32.0 Å². The Kier molecular flexibility index (Phi) is 5.54. The van der Waals surface area contributed by atoms with Crippen molar-refractivity contribution in [3.8, 4) is 5.82 Å². The zero-order valence-electron chi connectivity index (χ0n) is 15.8. The third-order valence-electron chi connectivity index (χ3n) is 4.30. The summed E-state index contributed by atoms with van der Waals surface area (Å²) in [6.45, 7) is 6.11. The molecule has 1 aliphatic carbocycles. The van der Waals surface area contributed by atoms with Crippen LogP contribution in [0.15, 0.2) is 48.7 Å². The van der Waals surface area contributed by atoms with Crippen LogP contribution in [0.25, 0.3) is 5.82 Å². The van der Waals surface area contributed by atoms with Crippen molar-refractivity contribution >= 4 is 17.5 Å². The smallest absolute Gasteiger partial charge is 0.337 e. The van der Waals surface area contributed by atoms with E-state index in [1.54, 1.807) is 35.1 Å². The molecule has 0 spiro atoms. The summed E-state index contributed by atoms with van der Waals surface area (Å²) in [4.78, 5) is 15.7. The second-order valence-corrected chi connectivity index (χ2v) is 6.88. The molecule has 27 heavy (non-hydrogen) atoms. The number of aromatic carboxylic acids is 1. The Balaban J connectivity index is 0.000000466. The minimum Gasteiger partial charge on any atom is -0.478 e. The number of carboxylic acids is 1. The van der Waals surface area contributed by atoms with Gasteiger partial charge in [-0.3, -0.25) is 0 Å². The van der Waals surface area contributed by atoms with Crippen molar-refractivity contribution in [2.45, 2.75) is 33.6 Å². The highest BCUT2D eigenvalue weighted by molar-refractivity contribution is 5.95. The molecule has 140 valence electrons. The molecule has 2 N–H and O–H groups in total. The van der Waals surface area contributed by atoms with Crippen LogP contribution in [0.4, 0.5) is 11.5 Å². The Morgan fingerprint density at radius 2 is 1.89 bits per heavy atom. The lowest BCUT2D eigenvalue weighted by atomic mass is 10.2. The Morgan fingerprint density at radius 3 is 2.52 bits per heavy atom. The van der Waals surface area contributed by atoms with E-state index in [4.69, 9.17) is 0 Å². The van der Waals surface area contributed by atoms with Crippen LogP contribution in [0.3, 0.4) is 0 Å². The molecule has 3 aromatic rings. The van der Waals surface area contributed by atoms with Crippen LogP contribution >= 0.6 is 0 Å². The Morgan fingerprint density at radius 1 is 1.19 bits per heavy atom. The summed E-state index contributed by atoms with van der Waals surface area (Å²) >= 11 is 0. The van der Waals surface area contributed by atoms with Crippen molar-refractivity contribution in [3.05, 3.63) is 65.5 Å². The second kappa shape index (κ2) is 8.03. The molecule has 0 amide bonds. The van der Waals surface area contributed by atoms with Gasteiger partial charge in [0.05, 0.1) is 16.9 Å². The zero-order valence-corrected chi connectivity index (χ0v) is 15.8. The number of nitrogens with one attached hydrogen (secondary N) is 1. The van der Waals surface area contributed by atoms with Gasteiger partial charge in [0, 0.05) is 12.3 Å². The summed E-state index contributed by atoms with van der Waals surface area (Å²) in [6, 6.07) is 12.4. The molecule has 0 aliphatic heterocycles. The Labute approximate surface area is 158 Å². The standard InChI is InChI=1S/C17H16N4O2.C4H8/c1-11-6-5-9-18-16(11)21-15(10-12(2)20-21)19-14-8-4-3-7-13(14)17(22)23;1-4-2-3-4/h3-10,19H,1-2H3,(H,22,23);4H,2-3H2,1H3. The second-order valence-electron chi connectivity index (χ2n) is 6.88. The Bertz CT molecular complexity index is 945. The number of aromatic nitrogens is 3. The third kappa shape index (κ3) is 4.73. The molecule has 1 fully saturated rings. The molecule has 0 atom stereocenters. The summed E-state index contributed by atoms with van der Waals surface area (Å²) in [5.41, 5.74) is 2.50. The van der Waals surface area contributed by atoms with Gasteiger partial charge in [0.2, 0.25) is 0 Å². The van der Waals surface area contributed by atoms with Gasteiger partial charge in [0.15, 0.2) is 5.82 Å². The average Bonchev–Trinajstić information content (AvgIpc) is 3.34. The number of para-hydroxylation sites is 1. The third-order valence-corrected chi connectivity index (χ3v) is 4.30. The minimum absolute atomic E-state index is 0.204. The van der Waals surface area contributed by atoms with Crippen molar-refractivity contribution in [2.24, 2.45) is 5.92 Å². The molecule has 1 aromatic carbocycles. The van der Waals surface area contributed by atoms with E-state index < -0.39 is 5.97 Å². The maximum atomic E-state index is 11.4. The zero-order chi connectivity index (χ0) is 19.4. The summed E-state index contributed by atoms with van der Waals surface area (Å²) in [7, 11) is 0. The van der Waals surface area contributed by atoms with Gasteiger partial charge in [-0.25, -0.2) is 9.78 Å². The van der Waals surface area contributed by atoms with Crippen LogP contribution < -0.4 is 5.32 Å². The number of pyridine rings is 1. The van der Waals surface area contributed by atoms with Crippen LogP contribution in [0.1, 0.15) is 41.4 Å². The summed E-state index contributed by atoms with van der Waals surface area (Å²) < 4.78 is 1.68. The average molecular weight is 364 g/mol. The first-order valence-corrected chi connectivity index (χ1v) is 9.03. The maximum absolute atomic E-state index is 11.4. The van der Waals surface area contributed by atoms with Crippen molar-refractivity contribution in [1.82, 2.24) is 14.8 Å². The quantitative estimate of drug-likeness (QED) is 0.699. The Hall–Kier alpha value is -3.15. The molecule has 1 saturated carbocycles. The van der Waals surface area contributed by atoms with Gasteiger partial charge in [-0.15, -0.1) is 0 Å². The fraction of sp³-hybridized carbons (Fsp3) is 0.286. The fourth-order valence-corrected chi connectivity index (χ4v) is 2.53. The molecule has 2 heterocycles. The van der Waals surface area contributed by atoms with Crippen molar-refractivity contribution < 1.29 is 9.90 Å². The van der Waals surface area contributed by atoms with E-state index in [0.29, 0.717) is 17.3 Å². The number of benzene rings is 1. The van der Waals surface area contributed by atoms with Crippen LogP contribution in [0, 0.1) is 19.8 Å². The SMILES string of the molecule is CC1CC1.Cc1cc(Nc2ccccc2C(=O)O)n(-c2ncccc2C)n1. The number of carboxylic acid groups (broad SMARTS) is 1. The van der Waals surface area contributed by atoms with E-state index in [2.05, 4.69) is 22.3 Å². The molecule has 0 unspecified atom stereocenters. The van der Waals surface area contributed by atoms with E-state index >= 15 is 0 Å². The fourth-order valence-electron chi connectivity index (χ4n) is 2.53. The van der Waals surface area contributed by atoms with Crippen LogP contribution in [0.5, 0.6) is 0 Å². The molecule has 0 radical (unpaired) electrons. The van der Waals surface area contributed by atoms with Crippen molar-refractivity contribution in [3.63, 3.8) is 0 Å². The predicted molar refractivity (Wildman–Crippen MR) is 106 cm³/mol. The van der Waals surface area contributed by atoms with Gasteiger partial charge >= 0.3 is 5.97 Å². The number of anilines is 2. The summed E-state index contributed by atoms with van der Waals surface area (Å²) in [6.07, 6.45) is 4.67. The highest BCUT2D eigenvalue weighted by Crippen LogP contribution is 2.27. The van der Waals surface area contributed by atoms with Crippen LogP contribution in [-0.4, -0.2) is 25.8 Å². The normalized spacial score (nSPS) is 12.9. The monoisotopic (exact) mass is 364 g/mol. The molecule has 6 nitrogen and oxygen atoms in total. The number of aryl methyl sites for hydroxylation is 2. The molecular formula is C21H24N4O2. The predicted octanol–water partition coefficient (Wildman–Crippen LogP) is 4.74. The van der Waals surface area contributed by atoms with Gasteiger partial charge < -0.3 is 10.4 Å². The molecule has 0 bridgehead atoms. The molecule has 2 aromatic heterocycles. The highest BCUT2D eigenvalue weighted by atomic mass is 16.4. The molecular weight excluding hydrogens is 340 g/mol. The summed E-state index contributed by atoms with van der Waals surface area (Å²) in [5, 5.41) is 16.9. The summed E-state index contributed by atoms with van der Waals surface area (Å²) in [5.74, 6) is 1.47. The maximum Gasteiger partial charge on any atom is 0.337 e. The molecule has 4 rings (SSSR count). The van der Waals surface area contributed by atoms with Crippen molar-refractivity contribution in [1.29, 1.82) is 0 Å². The lowest BCUT2D eigenvalue weighted by Crippen LogP contribution is -2.08. The van der Waals surface area contributed by atoms with Gasteiger partial charge in [0.25, 0.3) is 0 Å². The number of hydrogen-bond acceptors (Lipinski definition) is 4. The molecule has 0 saturated heterocycles. The first-order chi connectivity index (χ1) is 13.0. The molecule has 6 heteroatoms. The number of nitrogens with zero attached hydrogens (tertiary/aromatic N) is 3. The van der Waals surface area contributed by atoms with Crippen LogP contribution in [0.2, 0.25) is 0 Å². The van der Waals surface area contributed by atoms with Crippen LogP contribution in [-0.2, 0) is 0 Å².